The fourth-order valence-corrected chi connectivity index (χ4v) is 4.22. The Morgan fingerprint density at radius 1 is 1.10 bits per heavy atom. The normalized spacial score (nSPS) is 27.3. The third kappa shape index (κ3) is 4.21. The quantitative estimate of drug-likeness (QED) is 0.734. The SMILES string of the molecule is CCCCCCN1CC2(CCCCC2)NCC1C(C)C. The lowest BCUT2D eigenvalue weighted by Gasteiger charge is -2.51. The Morgan fingerprint density at radius 2 is 1.85 bits per heavy atom. The average Bonchev–Trinajstić information content (AvgIpc) is 2.44. The highest BCUT2D eigenvalue weighted by atomic mass is 15.3. The summed E-state index contributed by atoms with van der Waals surface area (Å²) < 4.78 is 0. The molecule has 1 heterocycles. The van der Waals surface area contributed by atoms with Crippen LogP contribution in [0.5, 0.6) is 0 Å². The van der Waals surface area contributed by atoms with Crippen molar-refractivity contribution in [1.29, 1.82) is 0 Å². The highest BCUT2D eigenvalue weighted by Crippen LogP contribution is 2.33. The van der Waals surface area contributed by atoms with Gasteiger partial charge in [-0.25, -0.2) is 0 Å². The predicted octanol–water partition coefficient (Wildman–Crippen LogP) is 4.20. The van der Waals surface area contributed by atoms with Crippen molar-refractivity contribution in [3.05, 3.63) is 0 Å². The van der Waals surface area contributed by atoms with Gasteiger partial charge in [-0.2, -0.15) is 0 Å². The topological polar surface area (TPSA) is 15.3 Å². The van der Waals surface area contributed by atoms with E-state index in [9.17, 15) is 0 Å². The van der Waals surface area contributed by atoms with E-state index in [2.05, 4.69) is 31.0 Å². The van der Waals surface area contributed by atoms with Gasteiger partial charge in [0, 0.05) is 24.7 Å². The van der Waals surface area contributed by atoms with Gasteiger partial charge in [0.1, 0.15) is 0 Å². The van der Waals surface area contributed by atoms with Crippen LogP contribution in [0, 0.1) is 5.92 Å². The van der Waals surface area contributed by atoms with Crippen molar-refractivity contribution in [1.82, 2.24) is 10.2 Å². The Labute approximate surface area is 126 Å². The van der Waals surface area contributed by atoms with Gasteiger partial charge in [-0.05, 0) is 31.7 Å². The molecule has 0 aromatic heterocycles. The number of unbranched alkanes of at least 4 members (excludes halogenated alkanes) is 3. The summed E-state index contributed by atoms with van der Waals surface area (Å²) in [5.74, 6) is 0.773. The molecule has 1 saturated carbocycles. The number of hydrogen-bond acceptors (Lipinski definition) is 2. The molecule has 1 unspecified atom stereocenters. The van der Waals surface area contributed by atoms with Gasteiger partial charge in [-0.3, -0.25) is 4.90 Å². The second-order valence-electron chi connectivity index (χ2n) is 7.56. The van der Waals surface area contributed by atoms with Gasteiger partial charge < -0.3 is 5.32 Å². The molecule has 1 saturated heterocycles. The van der Waals surface area contributed by atoms with Crippen LogP contribution in [0.2, 0.25) is 0 Å². The lowest BCUT2D eigenvalue weighted by Crippen LogP contribution is -2.65. The molecule has 0 aromatic carbocycles. The molecule has 1 spiro atoms. The number of nitrogens with zero attached hydrogens (tertiary/aromatic N) is 1. The van der Waals surface area contributed by atoms with Gasteiger partial charge in [0.25, 0.3) is 0 Å². The van der Waals surface area contributed by atoms with Crippen molar-refractivity contribution in [2.45, 2.75) is 90.1 Å². The highest BCUT2D eigenvalue weighted by molar-refractivity contribution is 5.00. The van der Waals surface area contributed by atoms with Gasteiger partial charge in [-0.15, -0.1) is 0 Å². The minimum absolute atomic E-state index is 0.467. The van der Waals surface area contributed by atoms with E-state index in [0.29, 0.717) is 5.54 Å². The molecule has 20 heavy (non-hydrogen) atoms. The Hall–Kier alpha value is -0.0800. The molecule has 2 rings (SSSR count). The van der Waals surface area contributed by atoms with E-state index >= 15 is 0 Å². The summed E-state index contributed by atoms with van der Waals surface area (Å²) >= 11 is 0. The Balaban J connectivity index is 1.90. The summed E-state index contributed by atoms with van der Waals surface area (Å²) in [6, 6.07) is 0.754. The second kappa shape index (κ2) is 7.79. The summed E-state index contributed by atoms with van der Waals surface area (Å²) in [5, 5.41) is 3.96. The van der Waals surface area contributed by atoms with Crippen molar-refractivity contribution in [3.8, 4) is 0 Å². The maximum Gasteiger partial charge on any atom is 0.0309 e. The van der Waals surface area contributed by atoms with E-state index in [-0.39, 0.29) is 0 Å². The van der Waals surface area contributed by atoms with Gasteiger partial charge in [0.15, 0.2) is 0 Å². The zero-order valence-corrected chi connectivity index (χ0v) is 14.1. The van der Waals surface area contributed by atoms with E-state index < -0.39 is 0 Å². The predicted molar refractivity (Wildman–Crippen MR) is 88.2 cm³/mol. The third-order valence-corrected chi connectivity index (χ3v) is 5.54. The molecule has 0 amide bonds. The number of hydrogen-bond donors (Lipinski definition) is 1. The lowest BCUT2D eigenvalue weighted by molar-refractivity contribution is 0.0354. The van der Waals surface area contributed by atoms with Crippen LogP contribution >= 0.6 is 0 Å². The van der Waals surface area contributed by atoms with Gasteiger partial charge in [-0.1, -0.05) is 59.3 Å². The molecule has 2 aliphatic rings. The molecular weight excluding hydrogens is 244 g/mol. The summed E-state index contributed by atoms with van der Waals surface area (Å²) in [5.41, 5.74) is 0.467. The van der Waals surface area contributed by atoms with Crippen LogP contribution in [0.3, 0.4) is 0 Å². The van der Waals surface area contributed by atoms with E-state index in [1.807, 2.05) is 0 Å². The molecule has 1 aliphatic carbocycles. The van der Waals surface area contributed by atoms with Crippen molar-refractivity contribution < 1.29 is 0 Å². The molecule has 1 atom stereocenters. The second-order valence-corrected chi connectivity index (χ2v) is 7.56. The van der Waals surface area contributed by atoms with E-state index in [0.717, 1.165) is 12.0 Å². The number of piperazine rings is 1. The first-order valence-electron chi connectivity index (χ1n) is 9.16. The van der Waals surface area contributed by atoms with Crippen molar-refractivity contribution >= 4 is 0 Å². The smallest absolute Gasteiger partial charge is 0.0309 e. The largest absolute Gasteiger partial charge is 0.308 e. The Kier molecular flexibility index (Phi) is 6.35. The van der Waals surface area contributed by atoms with Crippen LogP contribution in [0.25, 0.3) is 0 Å². The van der Waals surface area contributed by atoms with Crippen molar-refractivity contribution in [2.24, 2.45) is 5.92 Å². The monoisotopic (exact) mass is 280 g/mol. The van der Waals surface area contributed by atoms with Crippen LogP contribution in [-0.4, -0.2) is 36.1 Å². The minimum atomic E-state index is 0.467. The van der Waals surface area contributed by atoms with Crippen LogP contribution in [0.4, 0.5) is 0 Å². The van der Waals surface area contributed by atoms with E-state index in [4.69, 9.17) is 0 Å². The van der Waals surface area contributed by atoms with Crippen LogP contribution < -0.4 is 5.32 Å². The molecule has 0 aromatic rings. The molecular formula is C18H36N2. The van der Waals surface area contributed by atoms with Gasteiger partial charge in [0.05, 0.1) is 0 Å². The third-order valence-electron chi connectivity index (χ3n) is 5.54. The number of rotatable bonds is 6. The fourth-order valence-electron chi connectivity index (χ4n) is 4.22. The Bertz CT molecular complexity index is 269. The van der Waals surface area contributed by atoms with Gasteiger partial charge >= 0.3 is 0 Å². The summed E-state index contributed by atoms with van der Waals surface area (Å²) in [4.78, 5) is 2.84. The zero-order chi connectivity index (χ0) is 14.4. The molecule has 0 radical (unpaired) electrons. The van der Waals surface area contributed by atoms with Gasteiger partial charge in [0.2, 0.25) is 0 Å². The molecule has 1 N–H and O–H groups in total. The molecule has 2 nitrogen and oxygen atoms in total. The van der Waals surface area contributed by atoms with E-state index in [1.165, 1.54) is 77.4 Å². The first-order chi connectivity index (χ1) is 9.67. The highest BCUT2D eigenvalue weighted by Gasteiger charge is 2.40. The molecule has 2 fully saturated rings. The molecule has 0 bridgehead atoms. The minimum Gasteiger partial charge on any atom is -0.308 e. The maximum absolute atomic E-state index is 3.96. The average molecular weight is 280 g/mol. The summed E-state index contributed by atoms with van der Waals surface area (Å²) in [7, 11) is 0. The Morgan fingerprint density at radius 3 is 2.50 bits per heavy atom. The number of nitrogens with one attached hydrogen (secondary N) is 1. The standard InChI is InChI=1S/C18H36N2/c1-4-5-6-10-13-20-15-18(11-8-7-9-12-18)19-14-17(20)16(2)3/h16-17,19H,4-15H2,1-3H3. The molecule has 2 heteroatoms. The van der Waals surface area contributed by atoms with Crippen molar-refractivity contribution in [2.75, 3.05) is 19.6 Å². The fraction of sp³-hybridized carbons (Fsp3) is 1.00. The maximum atomic E-state index is 3.96. The summed E-state index contributed by atoms with van der Waals surface area (Å²) in [6.07, 6.45) is 12.7. The lowest BCUT2D eigenvalue weighted by atomic mass is 9.78. The van der Waals surface area contributed by atoms with Crippen LogP contribution in [0.1, 0.15) is 78.6 Å². The first kappa shape index (κ1) is 16.3. The van der Waals surface area contributed by atoms with Crippen molar-refractivity contribution in [3.63, 3.8) is 0 Å². The van der Waals surface area contributed by atoms with E-state index in [1.54, 1.807) is 0 Å². The first-order valence-corrected chi connectivity index (χ1v) is 9.16. The molecule has 118 valence electrons. The van der Waals surface area contributed by atoms with Crippen LogP contribution in [0.15, 0.2) is 0 Å². The zero-order valence-electron chi connectivity index (χ0n) is 14.1. The molecule has 1 aliphatic heterocycles. The summed E-state index contributed by atoms with van der Waals surface area (Å²) in [6.45, 7) is 10.9. The van der Waals surface area contributed by atoms with Crippen LogP contribution in [-0.2, 0) is 0 Å².